The van der Waals surface area contributed by atoms with Gasteiger partial charge in [-0.15, -0.1) is 0 Å². The minimum Gasteiger partial charge on any atom is -0.393 e. The Morgan fingerprint density at radius 2 is 2.28 bits per heavy atom. The highest BCUT2D eigenvalue weighted by Gasteiger charge is 2.64. The monoisotopic (exact) mass is 347 g/mol. The molecule has 132 valence electrons. The van der Waals surface area contributed by atoms with E-state index in [2.05, 4.69) is 15.0 Å². The molecule has 4 rings (SSSR count). The van der Waals surface area contributed by atoms with Crippen LogP contribution in [0.4, 0.5) is 5.82 Å². The average molecular weight is 347 g/mol. The zero-order chi connectivity index (χ0) is 17.8. The Hall–Kier alpha value is -2.56. The lowest BCUT2D eigenvalue weighted by Gasteiger charge is -2.37. The zero-order valence-corrected chi connectivity index (χ0v) is 13.4. The van der Waals surface area contributed by atoms with E-state index in [9.17, 15) is 19.8 Å². The summed E-state index contributed by atoms with van der Waals surface area (Å²) in [5.41, 5.74) is -2.01. The van der Waals surface area contributed by atoms with E-state index in [1.807, 2.05) is 0 Å². The lowest BCUT2D eigenvalue weighted by molar-refractivity contribution is -0.127. The van der Waals surface area contributed by atoms with E-state index in [1.165, 1.54) is 17.1 Å². The van der Waals surface area contributed by atoms with Crippen molar-refractivity contribution in [1.29, 1.82) is 0 Å². The number of aromatic amines is 1. The van der Waals surface area contributed by atoms with Crippen LogP contribution in [0.1, 0.15) is 11.8 Å². The first kappa shape index (κ1) is 15.9. The summed E-state index contributed by atoms with van der Waals surface area (Å²) in [5, 5.41) is 20.5. The van der Waals surface area contributed by atoms with Crippen molar-refractivity contribution in [1.82, 2.24) is 19.5 Å². The van der Waals surface area contributed by atoms with Gasteiger partial charge in [0, 0.05) is 18.0 Å². The molecule has 2 aliphatic heterocycles. The minimum atomic E-state index is -1.23. The van der Waals surface area contributed by atoms with E-state index in [0.717, 1.165) is 0 Å². The van der Waals surface area contributed by atoms with Gasteiger partial charge in [-0.2, -0.15) is 0 Å². The van der Waals surface area contributed by atoms with Crippen LogP contribution in [0.3, 0.4) is 0 Å². The van der Waals surface area contributed by atoms with Crippen molar-refractivity contribution in [2.75, 3.05) is 18.1 Å². The van der Waals surface area contributed by atoms with Crippen molar-refractivity contribution in [2.24, 2.45) is 0 Å². The Morgan fingerprint density at radius 3 is 2.92 bits per heavy atom. The maximum Gasteiger partial charge on any atom is 0.330 e. The first-order chi connectivity index (χ1) is 12.0. The van der Waals surface area contributed by atoms with Gasteiger partial charge in [-0.3, -0.25) is 14.3 Å². The molecule has 2 aliphatic rings. The molecule has 0 radical (unpaired) electrons. The van der Waals surface area contributed by atoms with Gasteiger partial charge in [-0.25, -0.2) is 14.8 Å². The molecule has 10 nitrogen and oxygen atoms in total. The van der Waals surface area contributed by atoms with Crippen LogP contribution in [-0.2, 0) is 4.74 Å². The van der Waals surface area contributed by atoms with Gasteiger partial charge in [0.05, 0.1) is 13.2 Å². The van der Waals surface area contributed by atoms with Gasteiger partial charge < -0.3 is 19.8 Å². The first-order valence-corrected chi connectivity index (χ1v) is 7.78. The lowest BCUT2D eigenvalue weighted by atomic mass is 10.0. The van der Waals surface area contributed by atoms with E-state index in [1.54, 1.807) is 24.1 Å². The fourth-order valence-corrected chi connectivity index (χ4v) is 3.56. The van der Waals surface area contributed by atoms with E-state index in [0.29, 0.717) is 11.4 Å². The molecule has 0 unspecified atom stereocenters. The van der Waals surface area contributed by atoms with Gasteiger partial charge in [0.1, 0.15) is 29.9 Å². The van der Waals surface area contributed by atoms with Crippen molar-refractivity contribution < 1.29 is 14.9 Å². The van der Waals surface area contributed by atoms with Crippen LogP contribution in [0.5, 0.6) is 0 Å². The Morgan fingerprint density at radius 1 is 1.48 bits per heavy atom. The maximum atomic E-state index is 12.2. The van der Waals surface area contributed by atoms with Gasteiger partial charge >= 0.3 is 5.69 Å². The predicted molar refractivity (Wildman–Crippen MR) is 85.2 cm³/mol. The molecule has 3 N–H and O–H groups in total. The van der Waals surface area contributed by atoms with Gasteiger partial charge in [0.25, 0.3) is 5.56 Å². The number of morpholine rings is 1. The van der Waals surface area contributed by atoms with Crippen LogP contribution in [0, 0.1) is 6.92 Å². The van der Waals surface area contributed by atoms with Crippen molar-refractivity contribution in [2.45, 2.75) is 30.9 Å². The number of aliphatic hydroxyl groups is 2. The second-order valence-corrected chi connectivity index (χ2v) is 6.34. The normalized spacial score (nSPS) is 30.8. The van der Waals surface area contributed by atoms with E-state index in [4.69, 9.17) is 4.74 Å². The van der Waals surface area contributed by atoms with Gasteiger partial charge in [0.15, 0.2) is 6.23 Å². The third kappa shape index (κ3) is 2.22. The van der Waals surface area contributed by atoms with Gasteiger partial charge in [0.2, 0.25) is 0 Å². The second-order valence-electron chi connectivity index (χ2n) is 6.34. The Labute approximate surface area is 141 Å². The third-order valence-electron chi connectivity index (χ3n) is 4.86. The fourth-order valence-electron chi connectivity index (χ4n) is 3.56. The predicted octanol–water partition coefficient (Wildman–Crippen LogP) is -1.86. The van der Waals surface area contributed by atoms with Gasteiger partial charge in [-0.1, -0.05) is 0 Å². The molecule has 0 saturated carbocycles. The number of ether oxygens (including phenoxy) is 1. The summed E-state index contributed by atoms with van der Waals surface area (Å²) in [7, 11) is 0. The van der Waals surface area contributed by atoms with Crippen molar-refractivity contribution in [3.63, 3.8) is 0 Å². The highest BCUT2D eigenvalue weighted by Crippen LogP contribution is 2.47. The fraction of sp³-hybridized carbons (Fsp3) is 0.467. The summed E-state index contributed by atoms with van der Waals surface area (Å²) in [6, 6.07) is 1.03. The molecule has 0 aromatic carbocycles. The molecule has 0 amide bonds. The number of anilines is 1. The van der Waals surface area contributed by atoms with Gasteiger partial charge in [-0.05, 0) is 13.0 Å². The lowest BCUT2D eigenvalue weighted by Crippen LogP contribution is -2.50. The Bertz CT molecular complexity index is 913. The summed E-state index contributed by atoms with van der Waals surface area (Å²) in [6.45, 7) is 1.38. The number of aliphatic hydroxyl groups excluding tert-OH is 2. The smallest absolute Gasteiger partial charge is 0.330 e. The van der Waals surface area contributed by atoms with Crippen LogP contribution < -0.4 is 16.1 Å². The SMILES string of the molecule is Cc1cn([C@@H]2O[C@@]3(CO)CN(c4ccncn4)[C@@H]2[C@@H]3O)c(=O)[nH]c1=O. The molecule has 2 saturated heterocycles. The van der Waals surface area contributed by atoms with Crippen molar-refractivity contribution >= 4 is 5.82 Å². The number of nitrogens with zero attached hydrogens (tertiary/aromatic N) is 4. The molecule has 2 aromatic heterocycles. The third-order valence-corrected chi connectivity index (χ3v) is 4.86. The molecule has 10 heteroatoms. The summed E-state index contributed by atoms with van der Waals surface area (Å²) < 4.78 is 7.11. The number of H-pyrrole nitrogens is 1. The number of rotatable bonds is 3. The molecule has 0 aliphatic carbocycles. The highest BCUT2D eigenvalue weighted by atomic mass is 16.6. The highest BCUT2D eigenvalue weighted by molar-refractivity contribution is 5.45. The van der Waals surface area contributed by atoms with E-state index in [-0.39, 0.29) is 6.54 Å². The molecule has 2 fully saturated rings. The number of aryl methyl sites for hydroxylation is 1. The minimum absolute atomic E-state index is 0.222. The Kier molecular flexibility index (Phi) is 3.49. The zero-order valence-electron chi connectivity index (χ0n) is 13.4. The van der Waals surface area contributed by atoms with Crippen LogP contribution >= 0.6 is 0 Å². The number of nitrogens with one attached hydrogen (secondary N) is 1. The van der Waals surface area contributed by atoms with Crippen LogP contribution in [-0.4, -0.2) is 60.6 Å². The summed E-state index contributed by atoms with van der Waals surface area (Å²) in [4.78, 5) is 35.9. The van der Waals surface area contributed by atoms with Crippen molar-refractivity contribution in [3.05, 3.63) is 51.2 Å². The summed E-state index contributed by atoms with van der Waals surface area (Å²) in [5.74, 6) is 0.553. The van der Waals surface area contributed by atoms with Crippen LogP contribution in [0.15, 0.2) is 34.4 Å². The maximum absolute atomic E-state index is 12.2. The second kappa shape index (κ2) is 5.48. The largest absolute Gasteiger partial charge is 0.393 e. The van der Waals surface area contributed by atoms with E-state index < -0.39 is 41.8 Å². The molecule has 4 atom stereocenters. The standard InChI is InChI=1S/C15H17N5O5/c1-8-4-19(14(24)18-12(8)23)13-10-11(22)15(6-21,25-13)5-20(10)9-2-3-16-7-17-9/h2-4,7,10-11,13,21-22H,5-6H2,1H3,(H,18,23,24)/t10-,11+,13-,15-/m1/s1. The molecule has 25 heavy (non-hydrogen) atoms. The molecule has 4 heterocycles. The summed E-state index contributed by atoms with van der Waals surface area (Å²) in [6.07, 6.45) is 2.43. The van der Waals surface area contributed by atoms with Crippen LogP contribution in [0.25, 0.3) is 0 Å². The number of hydrogen-bond acceptors (Lipinski definition) is 8. The summed E-state index contributed by atoms with van der Waals surface area (Å²) >= 11 is 0. The molecular formula is C15H17N5O5. The topological polar surface area (TPSA) is 134 Å². The van der Waals surface area contributed by atoms with E-state index >= 15 is 0 Å². The van der Waals surface area contributed by atoms with Crippen molar-refractivity contribution in [3.8, 4) is 0 Å². The first-order valence-electron chi connectivity index (χ1n) is 7.78. The van der Waals surface area contributed by atoms with Crippen LogP contribution in [0.2, 0.25) is 0 Å². The number of fused-ring (bicyclic) bond motifs is 2. The molecule has 2 aromatic rings. The molecule has 0 spiro atoms. The molecule has 2 bridgehead atoms. The molecular weight excluding hydrogens is 330 g/mol. The quantitative estimate of drug-likeness (QED) is 0.589. The Balaban J connectivity index is 1.82. The number of aromatic nitrogens is 4. The average Bonchev–Trinajstić information content (AvgIpc) is 3.07. The number of hydrogen-bond donors (Lipinski definition) is 3.